The molecule has 3 atom stereocenters. The summed E-state index contributed by atoms with van der Waals surface area (Å²) in [6.07, 6.45) is 6.93. The Labute approximate surface area is 171 Å². The molecule has 2 fully saturated rings. The lowest BCUT2D eigenvalue weighted by Crippen LogP contribution is -2.52. The fraction of sp³-hybridized carbons (Fsp3) is 0.667. The van der Waals surface area contributed by atoms with Gasteiger partial charge in [-0.25, -0.2) is 0 Å². The third kappa shape index (κ3) is 6.76. The quantitative estimate of drug-likeness (QED) is 0.584. The third-order valence-electron chi connectivity index (χ3n) is 5.62. The van der Waals surface area contributed by atoms with Crippen LogP contribution in [0.15, 0.2) is 24.5 Å². The van der Waals surface area contributed by atoms with Crippen molar-refractivity contribution in [2.75, 3.05) is 26.4 Å². The summed E-state index contributed by atoms with van der Waals surface area (Å²) in [5, 5.41) is 15.7. The number of carbonyl (C=O) groups excluding carboxylic acids is 2. The Kier molecular flexibility index (Phi) is 8.39. The van der Waals surface area contributed by atoms with Crippen LogP contribution in [0, 0.1) is 5.92 Å². The Morgan fingerprint density at radius 1 is 1.14 bits per heavy atom. The van der Waals surface area contributed by atoms with Gasteiger partial charge in [0.2, 0.25) is 11.8 Å². The van der Waals surface area contributed by atoms with Gasteiger partial charge in [-0.1, -0.05) is 0 Å². The van der Waals surface area contributed by atoms with E-state index >= 15 is 0 Å². The maximum atomic E-state index is 12.5. The van der Waals surface area contributed by atoms with Gasteiger partial charge in [0.25, 0.3) is 0 Å². The van der Waals surface area contributed by atoms with Crippen molar-refractivity contribution in [2.45, 2.75) is 56.8 Å². The van der Waals surface area contributed by atoms with Gasteiger partial charge in [-0.15, -0.1) is 0 Å². The standard InChI is InChI=1S/C21H31N3O5/c25-14-19-18(24-21(27)16-6-11-28-12-7-16)2-1-17(29-19)5-10-23-20(26)13-15-3-8-22-9-4-15/h3-4,8-9,16-19,25H,1-2,5-7,10-14H2,(H,23,26)(H,24,27)/t17-,18+,19+/m1/s1. The number of aromatic nitrogens is 1. The number of nitrogens with one attached hydrogen (secondary N) is 2. The van der Waals surface area contributed by atoms with Crippen molar-refractivity contribution in [3.05, 3.63) is 30.1 Å². The Balaban J connectivity index is 1.37. The van der Waals surface area contributed by atoms with E-state index in [2.05, 4.69) is 15.6 Å². The lowest BCUT2D eigenvalue weighted by Gasteiger charge is -2.37. The van der Waals surface area contributed by atoms with Crippen molar-refractivity contribution in [3.63, 3.8) is 0 Å². The molecular formula is C21H31N3O5. The van der Waals surface area contributed by atoms with Crippen molar-refractivity contribution in [3.8, 4) is 0 Å². The zero-order valence-corrected chi connectivity index (χ0v) is 16.7. The molecule has 2 aliphatic rings. The molecule has 0 bridgehead atoms. The average molecular weight is 405 g/mol. The van der Waals surface area contributed by atoms with E-state index in [0.29, 0.717) is 32.6 Å². The minimum absolute atomic E-state index is 0.0172. The monoisotopic (exact) mass is 405 g/mol. The number of amides is 2. The lowest BCUT2D eigenvalue weighted by molar-refractivity contribution is -0.135. The highest BCUT2D eigenvalue weighted by Crippen LogP contribution is 2.23. The maximum Gasteiger partial charge on any atom is 0.224 e. The zero-order chi connectivity index (χ0) is 20.5. The first kappa shape index (κ1) is 21.7. The summed E-state index contributed by atoms with van der Waals surface area (Å²) in [5.74, 6) is -0.0223. The normalized spacial score (nSPS) is 25.3. The summed E-state index contributed by atoms with van der Waals surface area (Å²) in [7, 11) is 0. The van der Waals surface area contributed by atoms with Crippen molar-refractivity contribution in [1.82, 2.24) is 15.6 Å². The minimum atomic E-state index is -0.412. The van der Waals surface area contributed by atoms with Crippen LogP contribution < -0.4 is 10.6 Å². The summed E-state index contributed by atoms with van der Waals surface area (Å²) in [6, 6.07) is 3.47. The highest BCUT2D eigenvalue weighted by atomic mass is 16.5. The van der Waals surface area contributed by atoms with Crippen LogP contribution in [-0.4, -0.2) is 66.5 Å². The Hall–Kier alpha value is -2.03. The predicted molar refractivity (Wildman–Crippen MR) is 106 cm³/mol. The van der Waals surface area contributed by atoms with Crippen molar-refractivity contribution in [1.29, 1.82) is 0 Å². The van der Waals surface area contributed by atoms with E-state index in [9.17, 15) is 14.7 Å². The van der Waals surface area contributed by atoms with Gasteiger partial charge in [-0.2, -0.15) is 0 Å². The number of carbonyl (C=O) groups is 2. The van der Waals surface area contributed by atoms with Crippen LogP contribution in [0.1, 0.15) is 37.7 Å². The van der Waals surface area contributed by atoms with Gasteiger partial charge in [-0.05, 0) is 49.8 Å². The molecule has 0 aromatic carbocycles. The highest BCUT2D eigenvalue weighted by Gasteiger charge is 2.33. The van der Waals surface area contributed by atoms with Gasteiger partial charge in [0.05, 0.1) is 25.2 Å². The number of aliphatic hydroxyl groups excluding tert-OH is 1. The number of rotatable bonds is 8. The van der Waals surface area contributed by atoms with E-state index in [-0.39, 0.29) is 36.5 Å². The molecule has 2 aliphatic heterocycles. The number of nitrogens with zero attached hydrogens (tertiary/aromatic N) is 1. The van der Waals surface area contributed by atoms with Gasteiger partial charge < -0.3 is 25.2 Å². The van der Waals surface area contributed by atoms with Crippen molar-refractivity contribution >= 4 is 11.8 Å². The van der Waals surface area contributed by atoms with Crippen LogP contribution in [0.5, 0.6) is 0 Å². The van der Waals surface area contributed by atoms with E-state index in [0.717, 1.165) is 31.2 Å². The van der Waals surface area contributed by atoms with Gasteiger partial charge in [0.15, 0.2) is 0 Å². The van der Waals surface area contributed by atoms with Crippen LogP contribution in [0.4, 0.5) is 0 Å². The molecule has 8 heteroatoms. The van der Waals surface area contributed by atoms with Gasteiger partial charge >= 0.3 is 0 Å². The van der Waals surface area contributed by atoms with Crippen molar-refractivity contribution < 1.29 is 24.2 Å². The first-order chi connectivity index (χ1) is 14.2. The molecule has 1 aromatic rings. The summed E-state index contributed by atoms with van der Waals surface area (Å²) in [4.78, 5) is 28.4. The van der Waals surface area contributed by atoms with Crippen LogP contribution in [0.25, 0.3) is 0 Å². The second-order valence-corrected chi connectivity index (χ2v) is 7.73. The average Bonchev–Trinajstić information content (AvgIpc) is 2.76. The zero-order valence-electron chi connectivity index (χ0n) is 16.7. The maximum absolute atomic E-state index is 12.5. The molecule has 0 aliphatic carbocycles. The molecule has 29 heavy (non-hydrogen) atoms. The van der Waals surface area contributed by atoms with Crippen LogP contribution in [-0.2, 0) is 25.5 Å². The lowest BCUT2D eigenvalue weighted by atomic mass is 9.94. The molecular weight excluding hydrogens is 374 g/mol. The summed E-state index contributed by atoms with van der Waals surface area (Å²) in [5.41, 5.74) is 0.926. The number of pyridine rings is 1. The molecule has 3 heterocycles. The van der Waals surface area contributed by atoms with E-state index in [1.165, 1.54) is 0 Å². The molecule has 3 rings (SSSR count). The van der Waals surface area contributed by atoms with Crippen LogP contribution in [0.2, 0.25) is 0 Å². The fourth-order valence-corrected chi connectivity index (χ4v) is 3.89. The fourth-order valence-electron chi connectivity index (χ4n) is 3.89. The second-order valence-electron chi connectivity index (χ2n) is 7.73. The molecule has 1 aromatic heterocycles. The third-order valence-corrected chi connectivity index (χ3v) is 5.62. The molecule has 160 valence electrons. The van der Waals surface area contributed by atoms with Gasteiger partial charge in [0.1, 0.15) is 6.10 Å². The molecule has 0 unspecified atom stereocenters. The van der Waals surface area contributed by atoms with E-state index in [1.807, 2.05) is 12.1 Å². The number of hydrogen-bond acceptors (Lipinski definition) is 6. The first-order valence-electron chi connectivity index (χ1n) is 10.5. The Bertz CT molecular complexity index is 651. The Morgan fingerprint density at radius 2 is 1.90 bits per heavy atom. The van der Waals surface area contributed by atoms with Crippen LogP contribution >= 0.6 is 0 Å². The second kappa shape index (κ2) is 11.2. The smallest absolute Gasteiger partial charge is 0.224 e. The van der Waals surface area contributed by atoms with Gasteiger partial charge in [0, 0.05) is 38.1 Å². The summed E-state index contributed by atoms with van der Waals surface area (Å²) < 4.78 is 11.3. The van der Waals surface area contributed by atoms with E-state index < -0.39 is 6.10 Å². The van der Waals surface area contributed by atoms with Gasteiger partial charge in [-0.3, -0.25) is 14.6 Å². The largest absolute Gasteiger partial charge is 0.394 e. The summed E-state index contributed by atoms with van der Waals surface area (Å²) in [6.45, 7) is 1.63. The van der Waals surface area contributed by atoms with E-state index in [1.54, 1.807) is 12.4 Å². The SMILES string of the molecule is O=C(Cc1ccncc1)NCC[C@H]1CC[C@H](NC(=O)C2CCOCC2)[C@H](CO)O1. The predicted octanol–water partition coefficient (Wildman–Crippen LogP) is 0.582. The number of aliphatic hydroxyl groups is 1. The number of hydrogen-bond donors (Lipinski definition) is 3. The van der Waals surface area contributed by atoms with Crippen molar-refractivity contribution in [2.24, 2.45) is 5.92 Å². The molecule has 2 amide bonds. The topological polar surface area (TPSA) is 110 Å². The molecule has 3 N–H and O–H groups in total. The minimum Gasteiger partial charge on any atom is -0.394 e. The molecule has 0 spiro atoms. The highest BCUT2D eigenvalue weighted by molar-refractivity contribution is 5.79. The Morgan fingerprint density at radius 3 is 2.62 bits per heavy atom. The summed E-state index contributed by atoms with van der Waals surface area (Å²) >= 11 is 0. The molecule has 8 nitrogen and oxygen atoms in total. The number of ether oxygens (including phenoxy) is 2. The van der Waals surface area contributed by atoms with E-state index in [4.69, 9.17) is 9.47 Å². The molecule has 2 saturated heterocycles. The molecule has 0 radical (unpaired) electrons. The first-order valence-corrected chi connectivity index (χ1v) is 10.5. The molecule has 0 saturated carbocycles. The van der Waals surface area contributed by atoms with Crippen LogP contribution in [0.3, 0.4) is 0 Å².